The molecule has 2 aromatic carbocycles. The summed E-state index contributed by atoms with van der Waals surface area (Å²) < 4.78 is 16.7. The van der Waals surface area contributed by atoms with E-state index in [2.05, 4.69) is 5.32 Å². The van der Waals surface area contributed by atoms with Gasteiger partial charge in [-0.3, -0.25) is 4.79 Å². The molecule has 0 aliphatic heterocycles. The topological polar surface area (TPSA) is 94.1 Å². The van der Waals surface area contributed by atoms with Gasteiger partial charge in [0.15, 0.2) is 0 Å². The number of halogens is 1. The third kappa shape index (κ3) is 7.94. The number of hydrogen-bond donors (Lipinski definition) is 2. The summed E-state index contributed by atoms with van der Waals surface area (Å²) in [5.41, 5.74) is 0.839. The molecule has 0 spiro atoms. The molecule has 0 unspecified atom stereocenters. The van der Waals surface area contributed by atoms with Gasteiger partial charge in [-0.15, -0.1) is 0 Å². The lowest BCUT2D eigenvalue weighted by Gasteiger charge is -2.54. The number of nitrogens with one attached hydrogen (secondary N) is 1. The van der Waals surface area contributed by atoms with E-state index in [0.717, 1.165) is 16.7 Å². The molecule has 0 heterocycles. The number of amides is 1. The highest BCUT2D eigenvalue weighted by molar-refractivity contribution is 6.30. The molecule has 3 rings (SSSR count). The van der Waals surface area contributed by atoms with Crippen molar-refractivity contribution >= 4 is 23.7 Å². The summed E-state index contributed by atoms with van der Waals surface area (Å²) in [7, 11) is 0. The third-order valence-corrected chi connectivity index (χ3v) is 6.54. The number of ether oxygens (including phenoxy) is 3. The highest BCUT2D eigenvalue weighted by Gasteiger charge is 2.60. The molecular formula is C29H38ClNO6. The molecule has 1 aliphatic rings. The van der Waals surface area contributed by atoms with E-state index in [4.69, 9.17) is 30.9 Å². The predicted octanol–water partition coefficient (Wildman–Crippen LogP) is 5.56. The zero-order valence-electron chi connectivity index (χ0n) is 22.1. The monoisotopic (exact) mass is 531 g/mol. The lowest BCUT2D eigenvalue weighted by molar-refractivity contribution is -0.175. The van der Waals surface area contributed by atoms with Crippen molar-refractivity contribution in [1.82, 2.24) is 5.32 Å². The molecule has 1 aliphatic carbocycles. The van der Waals surface area contributed by atoms with Crippen molar-refractivity contribution in [2.75, 3.05) is 26.4 Å². The predicted molar refractivity (Wildman–Crippen MR) is 144 cm³/mol. The van der Waals surface area contributed by atoms with Crippen LogP contribution in [0.25, 0.3) is 11.1 Å². The van der Waals surface area contributed by atoms with Gasteiger partial charge in [0.2, 0.25) is 0 Å². The van der Waals surface area contributed by atoms with E-state index in [-0.39, 0.29) is 25.8 Å². The van der Waals surface area contributed by atoms with Crippen molar-refractivity contribution < 1.29 is 28.9 Å². The number of benzene rings is 2. The fourth-order valence-electron chi connectivity index (χ4n) is 4.92. The summed E-state index contributed by atoms with van der Waals surface area (Å²) in [6, 6.07) is 15.8. The smallest absolute Gasteiger partial charge is 0.408 e. The van der Waals surface area contributed by atoms with E-state index in [1.807, 2.05) is 69.3 Å². The average Bonchev–Trinajstić information content (AvgIpc) is 2.79. The summed E-state index contributed by atoms with van der Waals surface area (Å²) in [6.45, 7) is 7.98. The Kier molecular flexibility index (Phi) is 9.62. The van der Waals surface area contributed by atoms with Crippen LogP contribution in [-0.2, 0) is 25.4 Å². The number of esters is 1. The summed E-state index contributed by atoms with van der Waals surface area (Å²) >= 11 is 6.15. The molecule has 0 radical (unpaired) electrons. The van der Waals surface area contributed by atoms with Crippen LogP contribution < -0.4 is 5.32 Å². The van der Waals surface area contributed by atoms with Crippen molar-refractivity contribution in [3.05, 3.63) is 59.1 Å². The molecular weight excluding hydrogens is 494 g/mol. The van der Waals surface area contributed by atoms with Gasteiger partial charge >= 0.3 is 12.1 Å². The van der Waals surface area contributed by atoms with Crippen LogP contribution in [0.1, 0.15) is 52.5 Å². The maximum absolute atomic E-state index is 13.0. The van der Waals surface area contributed by atoms with Crippen molar-refractivity contribution in [2.24, 2.45) is 5.41 Å². The minimum absolute atomic E-state index is 0.0156. The number of aliphatic hydroxyl groups excluding tert-OH is 1. The molecule has 0 atom stereocenters. The molecule has 1 saturated carbocycles. The molecule has 0 bridgehead atoms. The summed E-state index contributed by atoms with van der Waals surface area (Å²) in [5.74, 6) is -0.336. The van der Waals surface area contributed by atoms with Gasteiger partial charge in [0, 0.05) is 23.8 Å². The van der Waals surface area contributed by atoms with Crippen LogP contribution in [0.4, 0.5) is 4.79 Å². The second-order valence-electron chi connectivity index (χ2n) is 10.8. The average molecular weight is 532 g/mol. The van der Waals surface area contributed by atoms with Crippen LogP contribution in [0.2, 0.25) is 5.02 Å². The Morgan fingerprint density at radius 1 is 1.08 bits per heavy atom. The van der Waals surface area contributed by atoms with Crippen molar-refractivity contribution in [3.8, 4) is 11.1 Å². The van der Waals surface area contributed by atoms with Crippen LogP contribution in [0.3, 0.4) is 0 Å². The number of carbonyl (C=O) groups is 2. The lowest BCUT2D eigenvalue weighted by Crippen LogP contribution is -2.67. The normalized spacial score (nSPS) is 21.1. The third-order valence-electron chi connectivity index (χ3n) is 6.31. The first kappa shape index (κ1) is 29.0. The minimum atomic E-state index is -0.874. The Hall–Kier alpha value is -2.61. The maximum atomic E-state index is 13.0. The second-order valence-corrected chi connectivity index (χ2v) is 11.2. The Morgan fingerprint density at radius 2 is 1.78 bits per heavy atom. The highest BCUT2D eigenvalue weighted by Crippen LogP contribution is 2.51. The minimum Gasteiger partial charge on any atom is -0.465 e. The second kappa shape index (κ2) is 12.3. The van der Waals surface area contributed by atoms with Gasteiger partial charge in [-0.25, -0.2) is 4.79 Å². The van der Waals surface area contributed by atoms with E-state index >= 15 is 0 Å². The fourth-order valence-corrected chi connectivity index (χ4v) is 5.11. The number of hydrogen-bond acceptors (Lipinski definition) is 6. The zero-order valence-corrected chi connectivity index (χ0v) is 22.9. The molecule has 1 amide bonds. The zero-order chi connectivity index (χ0) is 27.1. The van der Waals surface area contributed by atoms with E-state index in [0.29, 0.717) is 37.3 Å². The van der Waals surface area contributed by atoms with Gasteiger partial charge in [0.25, 0.3) is 0 Å². The fraction of sp³-hybridized carbons (Fsp3) is 0.517. The van der Waals surface area contributed by atoms with Gasteiger partial charge in [-0.2, -0.15) is 0 Å². The molecule has 2 N–H and O–H groups in total. The van der Waals surface area contributed by atoms with Crippen LogP contribution in [0.15, 0.2) is 48.5 Å². The first-order valence-corrected chi connectivity index (χ1v) is 13.1. The highest BCUT2D eigenvalue weighted by atomic mass is 35.5. The quantitative estimate of drug-likeness (QED) is 0.291. The van der Waals surface area contributed by atoms with Gasteiger partial charge in [0.05, 0.1) is 18.6 Å². The van der Waals surface area contributed by atoms with Gasteiger partial charge < -0.3 is 24.6 Å². The molecule has 2 aromatic rings. The number of rotatable bonds is 11. The van der Waals surface area contributed by atoms with E-state index in [1.165, 1.54) is 0 Å². The first-order valence-electron chi connectivity index (χ1n) is 12.7. The molecule has 1 fully saturated rings. The Morgan fingerprint density at radius 3 is 2.38 bits per heavy atom. The van der Waals surface area contributed by atoms with Crippen LogP contribution in [0.5, 0.6) is 0 Å². The SMILES string of the molecule is CCOC(=O)C1(COCCCO)CC(Cc2ccc(-c3cccc(Cl)c3)cc2)(NC(=O)OC(C)(C)C)C1. The Labute approximate surface area is 224 Å². The van der Waals surface area contributed by atoms with Crippen LogP contribution >= 0.6 is 11.6 Å². The van der Waals surface area contributed by atoms with Gasteiger partial charge in [0.1, 0.15) is 5.60 Å². The number of carbonyl (C=O) groups excluding carboxylic acids is 2. The summed E-state index contributed by atoms with van der Waals surface area (Å²) in [5, 5.41) is 12.8. The number of aliphatic hydroxyl groups is 1. The van der Waals surface area contributed by atoms with Gasteiger partial charge in [-0.05, 0) is 82.2 Å². The Bertz CT molecular complexity index is 1060. The van der Waals surface area contributed by atoms with Crippen molar-refractivity contribution in [1.29, 1.82) is 0 Å². The number of alkyl carbamates (subject to hydrolysis) is 1. The first-order chi connectivity index (χ1) is 17.5. The summed E-state index contributed by atoms with van der Waals surface area (Å²) in [4.78, 5) is 25.8. The van der Waals surface area contributed by atoms with E-state index in [1.54, 1.807) is 6.92 Å². The molecule has 202 valence electrons. The largest absolute Gasteiger partial charge is 0.465 e. The van der Waals surface area contributed by atoms with Crippen molar-refractivity contribution in [3.63, 3.8) is 0 Å². The van der Waals surface area contributed by atoms with Crippen LogP contribution in [-0.4, -0.2) is 54.7 Å². The van der Waals surface area contributed by atoms with Crippen LogP contribution in [0, 0.1) is 5.41 Å². The lowest BCUT2D eigenvalue weighted by atomic mass is 9.55. The van der Waals surface area contributed by atoms with Gasteiger partial charge in [-0.1, -0.05) is 48.0 Å². The Balaban J connectivity index is 1.82. The van der Waals surface area contributed by atoms with E-state index in [9.17, 15) is 9.59 Å². The molecule has 37 heavy (non-hydrogen) atoms. The van der Waals surface area contributed by atoms with E-state index < -0.39 is 22.6 Å². The molecule has 0 aromatic heterocycles. The molecule has 7 nitrogen and oxygen atoms in total. The maximum Gasteiger partial charge on any atom is 0.408 e. The van der Waals surface area contributed by atoms with Crippen molar-refractivity contribution in [2.45, 2.75) is 64.5 Å². The molecule has 8 heteroatoms. The standard InChI is InChI=1S/C29H38ClNO6/c1-5-36-25(33)28(20-35-15-7-14-32)18-29(19-28,31-26(34)37-27(2,3)4)17-21-10-12-22(13-11-21)23-8-6-9-24(30)16-23/h6,8-13,16,32H,5,7,14-15,17-20H2,1-4H3,(H,31,34). The summed E-state index contributed by atoms with van der Waals surface area (Å²) in [6.07, 6.45) is 1.18. The molecule has 0 saturated heterocycles.